The molecule has 3 aromatic rings. The Balaban J connectivity index is 1.70. The lowest BCUT2D eigenvalue weighted by Crippen LogP contribution is -2.11. The van der Waals surface area contributed by atoms with Crippen molar-refractivity contribution in [1.29, 1.82) is 0 Å². The molecule has 0 aliphatic heterocycles. The number of amides is 1. The SMILES string of the molecule is COc1cc(NC(=O)c2ccc(Oc3ccccc3)cc2)cc(OC)c1. The summed E-state index contributed by atoms with van der Waals surface area (Å²) in [6.07, 6.45) is 0. The van der Waals surface area contributed by atoms with Crippen molar-refractivity contribution in [2.75, 3.05) is 19.5 Å². The molecule has 0 radical (unpaired) electrons. The molecule has 0 atom stereocenters. The highest BCUT2D eigenvalue weighted by Crippen LogP contribution is 2.26. The van der Waals surface area contributed by atoms with Crippen LogP contribution in [0.5, 0.6) is 23.0 Å². The van der Waals surface area contributed by atoms with Crippen LogP contribution < -0.4 is 19.5 Å². The molecule has 0 aliphatic carbocycles. The van der Waals surface area contributed by atoms with Crippen LogP contribution in [0, 0.1) is 0 Å². The second kappa shape index (κ2) is 8.07. The van der Waals surface area contributed by atoms with Gasteiger partial charge in [0.05, 0.1) is 14.2 Å². The van der Waals surface area contributed by atoms with E-state index in [0.717, 1.165) is 5.75 Å². The van der Waals surface area contributed by atoms with E-state index in [2.05, 4.69) is 5.32 Å². The Labute approximate surface area is 152 Å². The van der Waals surface area contributed by atoms with Gasteiger partial charge in [-0.2, -0.15) is 0 Å². The van der Waals surface area contributed by atoms with Crippen LogP contribution in [0.25, 0.3) is 0 Å². The van der Waals surface area contributed by atoms with Crippen molar-refractivity contribution < 1.29 is 19.0 Å². The highest BCUT2D eigenvalue weighted by Gasteiger charge is 2.09. The Morgan fingerprint density at radius 1 is 0.731 bits per heavy atom. The average Bonchev–Trinajstić information content (AvgIpc) is 2.69. The zero-order valence-corrected chi connectivity index (χ0v) is 14.6. The fourth-order valence-electron chi connectivity index (χ4n) is 2.38. The smallest absolute Gasteiger partial charge is 0.255 e. The number of methoxy groups -OCH3 is 2. The maximum atomic E-state index is 12.4. The third kappa shape index (κ3) is 4.33. The first-order valence-electron chi connectivity index (χ1n) is 8.05. The quantitative estimate of drug-likeness (QED) is 0.698. The third-order valence-corrected chi connectivity index (χ3v) is 3.70. The van der Waals surface area contributed by atoms with Crippen LogP contribution in [0.15, 0.2) is 72.8 Å². The topological polar surface area (TPSA) is 56.8 Å². The number of carbonyl (C=O) groups is 1. The minimum Gasteiger partial charge on any atom is -0.497 e. The third-order valence-electron chi connectivity index (χ3n) is 3.70. The van der Waals surface area contributed by atoms with Gasteiger partial charge in [0.15, 0.2) is 0 Å². The molecule has 132 valence electrons. The number of hydrogen-bond acceptors (Lipinski definition) is 4. The lowest BCUT2D eigenvalue weighted by Gasteiger charge is -2.10. The summed E-state index contributed by atoms with van der Waals surface area (Å²) in [6.45, 7) is 0. The van der Waals surface area contributed by atoms with E-state index < -0.39 is 0 Å². The summed E-state index contributed by atoms with van der Waals surface area (Å²) in [6, 6.07) is 21.6. The first-order chi connectivity index (χ1) is 12.7. The number of rotatable bonds is 6. The predicted octanol–water partition coefficient (Wildman–Crippen LogP) is 4.75. The van der Waals surface area contributed by atoms with Crippen molar-refractivity contribution in [2.24, 2.45) is 0 Å². The lowest BCUT2D eigenvalue weighted by molar-refractivity contribution is 0.102. The van der Waals surface area contributed by atoms with E-state index in [4.69, 9.17) is 14.2 Å². The minimum atomic E-state index is -0.230. The number of nitrogens with one attached hydrogen (secondary N) is 1. The fraction of sp³-hybridized carbons (Fsp3) is 0.0952. The predicted molar refractivity (Wildman–Crippen MR) is 100 cm³/mol. The Hall–Kier alpha value is -3.47. The monoisotopic (exact) mass is 349 g/mol. The van der Waals surface area contributed by atoms with Gasteiger partial charge in [0, 0.05) is 29.4 Å². The highest BCUT2D eigenvalue weighted by molar-refractivity contribution is 6.04. The molecule has 26 heavy (non-hydrogen) atoms. The maximum absolute atomic E-state index is 12.4. The molecule has 0 spiro atoms. The second-order valence-electron chi connectivity index (χ2n) is 5.49. The number of para-hydroxylation sites is 1. The van der Waals surface area contributed by atoms with Gasteiger partial charge in [-0.05, 0) is 36.4 Å². The van der Waals surface area contributed by atoms with Crippen molar-refractivity contribution >= 4 is 11.6 Å². The molecule has 5 nitrogen and oxygen atoms in total. The molecule has 3 rings (SSSR count). The van der Waals surface area contributed by atoms with Gasteiger partial charge in [-0.15, -0.1) is 0 Å². The molecule has 5 heteroatoms. The number of hydrogen-bond donors (Lipinski definition) is 1. The van der Waals surface area contributed by atoms with Gasteiger partial charge in [-0.3, -0.25) is 4.79 Å². The van der Waals surface area contributed by atoms with E-state index in [-0.39, 0.29) is 5.91 Å². The summed E-state index contributed by atoms with van der Waals surface area (Å²) >= 11 is 0. The van der Waals surface area contributed by atoms with Gasteiger partial charge in [-0.25, -0.2) is 0 Å². The van der Waals surface area contributed by atoms with Crippen molar-refractivity contribution in [3.8, 4) is 23.0 Å². The van der Waals surface area contributed by atoms with E-state index in [1.54, 1.807) is 56.7 Å². The molecule has 0 fully saturated rings. The van der Waals surface area contributed by atoms with Crippen LogP contribution in [0.2, 0.25) is 0 Å². The standard InChI is InChI=1S/C21H19NO4/c1-24-19-12-16(13-20(14-19)25-2)22-21(23)15-8-10-18(11-9-15)26-17-6-4-3-5-7-17/h3-14H,1-2H3,(H,22,23). The number of carbonyl (C=O) groups excluding carboxylic acids is 1. The average molecular weight is 349 g/mol. The minimum absolute atomic E-state index is 0.230. The van der Waals surface area contributed by atoms with Gasteiger partial charge >= 0.3 is 0 Å². The molecule has 0 aromatic heterocycles. The second-order valence-corrected chi connectivity index (χ2v) is 5.49. The van der Waals surface area contributed by atoms with Gasteiger partial charge in [0.25, 0.3) is 5.91 Å². The van der Waals surface area contributed by atoms with Gasteiger partial charge in [-0.1, -0.05) is 18.2 Å². The fourth-order valence-corrected chi connectivity index (χ4v) is 2.38. The van der Waals surface area contributed by atoms with Crippen molar-refractivity contribution in [3.05, 3.63) is 78.4 Å². The normalized spacial score (nSPS) is 10.1. The molecule has 0 unspecified atom stereocenters. The molecule has 0 heterocycles. The molecule has 3 aromatic carbocycles. The van der Waals surface area contributed by atoms with Gasteiger partial charge in [0.2, 0.25) is 0 Å². The van der Waals surface area contributed by atoms with E-state index >= 15 is 0 Å². The van der Waals surface area contributed by atoms with Crippen LogP contribution in [-0.4, -0.2) is 20.1 Å². The Morgan fingerprint density at radius 2 is 1.31 bits per heavy atom. The summed E-state index contributed by atoms with van der Waals surface area (Å²) in [4.78, 5) is 12.4. The number of ether oxygens (including phenoxy) is 3. The molecule has 0 aliphatic rings. The largest absolute Gasteiger partial charge is 0.497 e. The molecule has 1 N–H and O–H groups in total. The Bertz CT molecular complexity index is 854. The van der Waals surface area contributed by atoms with E-state index in [9.17, 15) is 4.79 Å². The van der Waals surface area contributed by atoms with Crippen LogP contribution in [0.4, 0.5) is 5.69 Å². The molecule has 0 saturated carbocycles. The van der Waals surface area contributed by atoms with Crippen LogP contribution in [0.3, 0.4) is 0 Å². The maximum Gasteiger partial charge on any atom is 0.255 e. The number of benzene rings is 3. The van der Waals surface area contributed by atoms with Crippen LogP contribution in [0.1, 0.15) is 10.4 Å². The van der Waals surface area contributed by atoms with E-state index in [1.807, 2.05) is 30.3 Å². The van der Waals surface area contributed by atoms with Crippen LogP contribution >= 0.6 is 0 Å². The van der Waals surface area contributed by atoms with Crippen LogP contribution in [-0.2, 0) is 0 Å². The van der Waals surface area contributed by atoms with E-state index in [1.165, 1.54) is 0 Å². The van der Waals surface area contributed by atoms with Crippen molar-refractivity contribution in [1.82, 2.24) is 0 Å². The van der Waals surface area contributed by atoms with E-state index in [0.29, 0.717) is 28.5 Å². The lowest BCUT2D eigenvalue weighted by atomic mass is 10.2. The molecule has 0 saturated heterocycles. The Kier molecular flexibility index (Phi) is 5.39. The summed E-state index contributed by atoms with van der Waals surface area (Å²) in [5.74, 6) is 2.38. The summed E-state index contributed by atoms with van der Waals surface area (Å²) in [5.41, 5.74) is 1.11. The molecule has 1 amide bonds. The summed E-state index contributed by atoms with van der Waals surface area (Å²) in [5, 5.41) is 2.84. The zero-order chi connectivity index (χ0) is 18.4. The highest BCUT2D eigenvalue weighted by atomic mass is 16.5. The Morgan fingerprint density at radius 3 is 1.88 bits per heavy atom. The summed E-state index contributed by atoms with van der Waals surface area (Å²) in [7, 11) is 3.12. The first-order valence-corrected chi connectivity index (χ1v) is 8.05. The molecular formula is C21H19NO4. The van der Waals surface area contributed by atoms with Crippen molar-refractivity contribution in [3.63, 3.8) is 0 Å². The van der Waals surface area contributed by atoms with Gasteiger partial charge in [0.1, 0.15) is 23.0 Å². The zero-order valence-electron chi connectivity index (χ0n) is 14.6. The molecular weight excluding hydrogens is 330 g/mol. The number of anilines is 1. The molecule has 0 bridgehead atoms. The summed E-state index contributed by atoms with van der Waals surface area (Å²) < 4.78 is 16.1. The first kappa shape index (κ1) is 17.4. The van der Waals surface area contributed by atoms with Gasteiger partial charge < -0.3 is 19.5 Å². The van der Waals surface area contributed by atoms with Crippen molar-refractivity contribution in [2.45, 2.75) is 0 Å².